The van der Waals surface area contributed by atoms with Crippen LogP contribution in [-0.4, -0.2) is 43.8 Å². The van der Waals surface area contributed by atoms with Gasteiger partial charge in [0.2, 0.25) is 0 Å². The van der Waals surface area contributed by atoms with E-state index in [-0.39, 0.29) is 0 Å². The summed E-state index contributed by atoms with van der Waals surface area (Å²) in [6, 6.07) is 8.89. The van der Waals surface area contributed by atoms with Crippen LogP contribution in [0, 0.1) is 0 Å². The molecule has 9 heteroatoms. The highest BCUT2D eigenvalue weighted by atomic mass is 79.9. The second-order valence-corrected chi connectivity index (χ2v) is 11.2. The van der Waals surface area contributed by atoms with Crippen LogP contribution in [0.15, 0.2) is 38.3 Å². The number of rotatable bonds is 4. The maximum absolute atomic E-state index is 12.8. The van der Waals surface area contributed by atoms with Crippen molar-refractivity contribution in [3.05, 3.63) is 49.7 Å². The molecule has 0 spiro atoms. The normalized spacial score (nSPS) is 17.6. The van der Waals surface area contributed by atoms with E-state index < -0.39 is 10.0 Å². The van der Waals surface area contributed by atoms with Crippen molar-refractivity contribution in [2.24, 2.45) is 0 Å². The van der Waals surface area contributed by atoms with Crippen LogP contribution in [0.2, 0.25) is 10.0 Å². The fourth-order valence-electron chi connectivity index (χ4n) is 2.82. The van der Waals surface area contributed by atoms with Gasteiger partial charge in [0.25, 0.3) is 10.0 Å². The molecule has 0 radical (unpaired) electrons. The lowest BCUT2D eigenvalue weighted by Crippen LogP contribution is -2.34. The first-order valence-corrected chi connectivity index (χ1v) is 11.6. The summed E-state index contributed by atoms with van der Waals surface area (Å²) in [5, 5.41) is 1.29. The highest BCUT2D eigenvalue weighted by Gasteiger charge is 2.28. The van der Waals surface area contributed by atoms with Crippen molar-refractivity contribution in [2.75, 3.05) is 26.2 Å². The van der Waals surface area contributed by atoms with Gasteiger partial charge in [-0.1, -0.05) is 29.3 Å². The number of benzene rings is 1. The van der Waals surface area contributed by atoms with Gasteiger partial charge in [0, 0.05) is 41.8 Å². The summed E-state index contributed by atoms with van der Waals surface area (Å²) in [4.78, 5) is 2.20. The molecule has 0 atom stereocenters. The first kappa shape index (κ1) is 19.6. The maximum Gasteiger partial charge on any atom is 0.252 e. The molecule has 0 N–H and O–H groups in total. The summed E-state index contributed by atoms with van der Waals surface area (Å²) in [5.74, 6) is 0. The van der Waals surface area contributed by atoms with E-state index in [2.05, 4.69) is 20.8 Å². The van der Waals surface area contributed by atoms with E-state index in [1.807, 2.05) is 18.2 Å². The Morgan fingerprint density at radius 2 is 1.76 bits per heavy atom. The number of sulfonamides is 1. The Balaban J connectivity index is 1.70. The molecule has 1 aromatic carbocycles. The summed E-state index contributed by atoms with van der Waals surface area (Å²) in [5.41, 5.74) is 0.893. The first-order chi connectivity index (χ1) is 11.9. The zero-order chi connectivity index (χ0) is 18.0. The van der Waals surface area contributed by atoms with E-state index in [0.717, 1.165) is 22.3 Å². The van der Waals surface area contributed by atoms with Crippen molar-refractivity contribution in [1.29, 1.82) is 0 Å². The predicted molar refractivity (Wildman–Crippen MR) is 107 cm³/mol. The lowest BCUT2D eigenvalue weighted by atomic mass is 10.2. The van der Waals surface area contributed by atoms with Crippen LogP contribution in [0.4, 0.5) is 0 Å². The Labute approximate surface area is 170 Å². The van der Waals surface area contributed by atoms with Crippen LogP contribution in [-0.2, 0) is 16.6 Å². The van der Waals surface area contributed by atoms with Gasteiger partial charge in [-0.2, -0.15) is 4.31 Å². The van der Waals surface area contributed by atoms with Crippen LogP contribution >= 0.6 is 50.5 Å². The molecule has 0 bridgehead atoms. The molecule has 0 amide bonds. The van der Waals surface area contributed by atoms with Gasteiger partial charge < -0.3 is 0 Å². The van der Waals surface area contributed by atoms with Gasteiger partial charge in [0.05, 0.1) is 3.79 Å². The standard InChI is InChI=1S/C16H17BrCl2N2O2S2/c17-15-5-6-16(24-15)25(22,23)21-8-2-7-20(9-10-21)11-12-13(18)3-1-4-14(12)19/h1,3-6H,2,7-11H2. The second kappa shape index (κ2) is 8.25. The summed E-state index contributed by atoms with van der Waals surface area (Å²) in [6.45, 7) is 3.05. The number of hydrogen-bond donors (Lipinski definition) is 0. The smallest absolute Gasteiger partial charge is 0.252 e. The van der Waals surface area contributed by atoms with E-state index >= 15 is 0 Å². The predicted octanol–water partition coefficient (Wildman–Crippen LogP) is 4.71. The van der Waals surface area contributed by atoms with Crippen LogP contribution in [0.3, 0.4) is 0 Å². The Morgan fingerprint density at radius 3 is 2.40 bits per heavy atom. The van der Waals surface area contributed by atoms with Gasteiger partial charge in [-0.05, 0) is 53.2 Å². The number of nitrogens with zero attached hydrogens (tertiary/aromatic N) is 2. The third kappa shape index (κ3) is 4.58. The van der Waals surface area contributed by atoms with Crippen molar-refractivity contribution in [2.45, 2.75) is 17.2 Å². The molecule has 0 saturated carbocycles. The molecule has 2 heterocycles. The molecule has 1 aliphatic heterocycles. The van der Waals surface area contributed by atoms with Crippen molar-refractivity contribution >= 4 is 60.5 Å². The highest BCUT2D eigenvalue weighted by Crippen LogP contribution is 2.30. The summed E-state index contributed by atoms with van der Waals surface area (Å²) in [7, 11) is -3.43. The van der Waals surface area contributed by atoms with Crippen molar-refractivity contribution in [3.63, 3.8) is 0 Å². The Kier molecular flexibility index (Phi) is 6.47. The SMILES string of the molecule is O=S(=O)(c1ccc(Br)s1)N1CCCN(Cc2c(Cl)cccc2Cl)CC1. The molecule has 1 saturated heterocycles. The van der Waals surface area contributed by atoms with Crippen LogP contribution in [0.1, 0.15) is 12.0 Å². The molecular formula is C16H17BrCl2N2O2S2. The minimum absolute atomic E-state index is 0.377. The number of halogens is 3. The van der Waals surface area contributed by atoms with Gasteiger partial charge in [-0.15, -0.1) is 11.3 Å². The lowest BCUT2D eigenvalue weighted by Gasteiger charge is -2.22. The van der Waals surface area contributed by atoms with Gasteiger partial charge in [0.15, 0.2) is 0 Å². The van der Waals surface area contributed by atoms with Crippen LogP contribution < -0.4 is 0 Å². The Morgan fingerprint density at radius 1 is 1.04 bits per heavy atom. The van der Waals surface area contributed by atoms with E-state index in [1.165, 1.54) is 11.3 Å². The molecule has 1 aliphatic rings. The van der Waals surface area contributed by atoms with E-state index in [4.69, 9.17) is 23.2 Å². The summed E-state index contributed by atoms with van der Waals surface area (Å²) < 4.78 is 28.3. The average molecular weight is 484 g/mol. The summed E-state index contributed by atoms with van der Waals surface area (Å²) in [6.07, 6.45) is 0.772. The van der Waals surface area contributed by atoms with Gasteiger partial charge >= 0.3 is 0 Å². The topological polar surface area (TPSA) is 40.6 Å². The third-order valence-electron chi connectivity index (χ3n) is 4.13. The monoisotopic (exact) mass is 482 g/mol. The molecule has 4 nitrogen and oxygen atoms in total. The van der Waals surface area contributed by atoms with Crippen LogP contribution in [0.25, 0.3) is 0 Å². The minimum atomic E-state index is -3.43. The quantitative estimate of drug-likeness (QED) is 0.631. The fraction of sp³-hybridized carbons (Fsp3) is 0.375. The van der Waals surface area contributed by atoms with Crippen molar-refractivity contribution < 1.29 is 8.42 Å². The van der Waals surface area contributed by atoms with E-state index in [9.17, 15) is 8.42 Å². The Bertz CT molecular complexity index is 837. The highest BCUT2D eigenvalue weighted by molar-refractivity contribution is 9.11. The minimum Gasteiger partial charge on any atom is -0.298 e. The maximum atomic E-state index is 12.8. The molecule has 0 aliphatic carbocycles. The molecule has 1 fully saturated rings. The molecular weight excluding hydrogens is 467 g/mol. The van der Waals surface area contributed by atoms with Gasteiger partial charge in [-0.3, -0.25) is 4.90 Å². The molecule has 0 unspecified atom stereocenters. The zero-order valence-corrected chi connectivity index (χ0v) is 18.0. The molecule has 2 aromatic rings. The lowest BCUT2D eigenvalue weighted by molar-refractivity contribution is 0.279. The summed E-state index contributed by atoms with van der Waals surface area (Å²) >= 11 is 17.1. The van der Waals surface area contributed by atoms with Crippen molar-refractivity contribution in [1.82, 2.24) is 9.21 Å². The molecule has 136 valence electrons. The third-order valence-corrected chi connectivity index (χ3v) is 8.83. The molecule has 25 heavy (non-hydrogen) atoms. The largest absolute Gasteiger partial charge is 0.298 e. The van der Waals surface area contributed by atoms with E-state index in [1.54, 1.807) is 16.4 Å². The van der Waals surface area contributed by atoms with Gasteiger partial charge in [0.1, 0.15) is 4.21 Å². The molecule has 1 aromatic heterocycles. The van der Waals surface area contributed by atoms with Crippen molar-refractivity contribution in [3.8, 4) is 0 Å². The first-order valence-electron chi connectivity index (χ1n) is 7.78. The number of thiophene rings is 1. The van der Waals surface area contributed by atoms with E-state index in [0.29, 0.717) is 40.4 Å². The van der Waals surface area contributed by atoms with Gasteiger partial charge in [-0.25, -0.2) is 8.42 Å². The second-order valence-electron chi connectivity index (χ2n) is 5.79. The average Bonchev–Trinajstić information content (AvgIpc) is 2.87. The zero-order valence-electron chi connectivity index (χ0n) is 13.3. The number of hydrogen-bond acceptors (Lipinski definition) is 4. The Hall–Kier alpha value is -0.150. The van der Waals surface area contributed by atoms with Crippen LogP contribution in [0.5, 0.6) is 0 Å². The fourth-order valence-corrected chi connectivity index (χ4v) is 6.97. The molecule has 3 rings (SSSR count).